The van der Waals surface area contributed by atoms with Crippen LogP contribution in [0.15, 0.2) is 23.4 Å². The predicted molar refractivity (Wildman–Crippen MR) is 89.9 cm³/mol. The van der Waals surface area contributed by atoms with Crippen LogP contribution in [0.25, 0.3) is 0 Å². The van der Waals surface area contributed by atoms with Gasteiger partial charge in [-0.2, -0.15) is 8.78 Å². The van der Waals surface area contributed by atoms with Gasteiger partial charge in [0.1, 0.15) is 5.03 Å². The van der Waals surface area contributed by atoms with E-state index in [-0.39, 0.29) is 28.4 Å². The van der Waals surface area contributed by atoms with E-state index < -0.39 is 30.3 Å². The number of carbonyl (C=O) groups is 3. The molecule has 7 nitrogen and oxygen atoms in total. The van der Waals surface area contributed by atoms with Gasteiger partial charge in [0, 0.05) is 12.2 Å². The molecule has 2 N–H and O–H groups in total. The molecule has 0 aliphatic heterocycles. The molecule has 0 atom stereocenters. The van der Waals surface area contributed by atoms with Crippen molar-refractivity contribution in [2.75, 3.05) is 6.61 Å². The average molecular weight is 387 g/mol. The van der Waals surface area contributed by atoms with Crippen LogP contribution in [0.5, 0.6) is 0 Å². The first-order valence-corrected chi connectivity index (χ1v) is 9.01. The van der Waals surface area contributed by atoms with E-state index in [4.69, 9.17) is 4.74 Å². The standard InChI is InChI=1S/C16H19F2N3O4S/c17-15(18)26-13-11(7-4-8-19-13)14(23)25-9-12(22)21-16(24)20-10-5-2-1-3-6-10/h4,7-8,10,15H,1-3,5-6,9H2,(H2,20,21,22,24). The number of ether oxygens (including phenoxy) is 1. The lowest BCUT2D eigenvalue weighted by Gasteiger charge is -2.22. The number of amides is 3. The Morgan fingerprint density at radius 1 is 1.27 bits per heavy atom. The highest BCUT2D eigenvalue weighted by atomic mass is 32.2. The van der Waals surface area contributed by atoms with Crippen LogP contribution in [0, 0.1) is 0 Å². The minimum absolute atomic E-state index is 0.0309. The molecule has 10 heteroatoms. The van der Waals surface area contributed by atoms with Crippen LogP contribution in [-0.4, -0.2) is 41.3 Å². The van der Waals surface area contributed by atoms with Crippen molar-refractivity contribution in [2.24, 2.45) is 0 Å². The summed E-state index contributed by atoms with van der Waals surface area (Å²) in [4.78, 5) is 39.1. The van der Waals surface area contributed by atoms with Crippen LogP contribution in [0.4, 0.5) is 13.6 Å². The number of halogens is 2. The molecule has 1 aromatic rings. The number of nitrogens with one attached hydrogen (secondary N) is 2. The Kier molecular flexibility index (Phi) is 7.76. The Labute approximate surface area is 153 Å². The van der Waals surface area contributed by atoms with E-state index in [1.165, 1.54) is 18.3 Å². The zero-order valence-corrected chi connectivity index (χ0v) is 14.7. The molecule has 142 valence electrons. The number of imide groups is 1. The Balaban J connectivity index is 1.79. The summed E-state index contributed by atoms with van der Waals surface area (Å²) in [5, 5.41) is 4.57. The van der Waals surface area contributed by atoms with Crippen molar-refractivity contribution in [3.05, 3.63) is 23.9 Å². The number of hydrogen-bond donors (Lipinski definition) is 2. The Hall–Kier alpha value is -2.23. The van der Waals surface area contributed by atoms with E-state index in [1.54, 1.807) is 0 Å². The number of rotatable bonds is 6. The first-order chi connectivity index (χ1) is 12.5. The molecule has 0 bridgehead atoms. The molecule has 0 aromatic carbocycles. The first kappa shape index (κ1) is 20.1. The van der Waals surface area contributed by atoms with Crippen LogP contribution in [0.2, 0.25) is 0 Å². The monoisotopic (exact) mass is 387 g/mol. The van der Waals surface area contributed by atoms with Crippen molar-refractivity contribution >= 4 is 29.7 Å². The molecular weight excluding hydrogens is 368 g/mol. The third-order valence-corrected chi connectivity index (χ3v) is 4.45. The van der Waals surface area contributed by atoms with E-state index >= 15 is 0 Å². The molecule has 1 aliphatic rings. The van der Waals surface area contributed by atoms with Gasteiger partial charge in [-0.05, 0) is 36.7 Å². The maximum absolute atomic E-state index is 12.5. The van der Waals surface area contributed by atoms with Gasteiger partial charge in [-0.15, -0.1) is 0 Å². The Morgan fingerprint density at radius 2 is 2.00 bits per heavy atom. The number of alkyl halides is 2. The van der Waals surface area contributed by atoms with Crippen molar-refractivity contribution in [1.82, 2.24) is 15.6 Å². The fourth-order valence-corrected chi connectivity index (χ4v) is 3.13. The minimum Gasteiger partial charge on any atom is -0.452 e. The summed E-state index contributed by atoms with van der Waals surface area (Å²) in [6, 6.07) is 2.05. The topological polar surface area (TPSA) is 97.4 Å². The normalized spacial score (nSPS) is 14.7. The summed E-state index contributed by atoms with van der Waals surface area (Å²) < 4.78 is 29.7. The largest absolute Gasteiger partial charge is 0.452 e. The Morgan fingerprint density at radius 3 is 2.69 bits per heavy atom. The molecule has 3 amide bonds. The van der Waals surface area contributed by atoms with Gasteiger partial charge in [-0.25, -0.2) is 14.6 Å². The maximum atomic E-state index is 12.5. The third-order valence-electron chi connectivity index (χ3n) is 3.72. The molecule has 1 aliphatic carbocycles. The molecular formula is C16H19F2N3O4S. The lowest BCUT2D eigenvalue weighted by molar-refractivity contribution is -0.123. The number of hydrogen-bond acceptors (Lipinski definition) is 6. The van der Waals surface area contributed by atoms with E-state index in [9.17, 15) is 23.2 Å². The molecule has 0 unspecified atom stereocenters. The fourth-order valence-electron chi connectivity index (χ4n) is 2.56. The maximum Gasteiger partial charge on any atom is 0.341 e. The summed E-state index contributed by atoms with van der Waals surface area (Å²) in [7, 11) is 0. The molecule has 0 saturated heterocycles. The van der Waals surface area contributed by atoms with Gasteiger partial charge >= 0.3 is 12.0 Å². The number of aromatic nitrogens is 1. The minimum atomic E-state index is -2.75. The van der Waals surface area contributed by atoms with Crippen molar-refractivity contribution in [3.63, 3.8) is 0 Å². The lowest BCUT2D eigenvalue weighted by atomic mass is 9.96. The highest BCUT2D eigenvalue weighted by molar-refractivity contribution is 7.99. The van der Waals surface area contributed by atoms with Crippen molar-refractivity contribution < 1.29 is 27.9 Å². The van der Waals surface area contributed by atoms with Crippen LogP contribution in [-0.2, 0) is 9.53 Å². The van der Waals surface area contributed by atoms with Crippen molar-refractivity contribution in [3.8, 4) is 0 Å². The number of nitrogens with zero attached hydrogens (tertiary/aromatic N) is 1. The molecule has 1 fully saturated rings. The SMILES string of the molecule is O=C(COC(=O)c1cccnc1SC(F)F)NC(=O)NC1CCCCC1. The molecule has 0 radical (unpaired) electrons. The molecule has 2 rings (SSSR count). The van der Waals surface area contributed by atoms with Gasteiger partial charge in [0.05, 0.1) is 5.56 Å². The van der Waals surface area contributed by atoms with Crippen molar-refractivity contribution in [2.45, 2.75) is 48.9 Å². The van der Waals surface area contributed by atoms with Gasteiger partial charge in [-0.1, -0.05) is 19.3 Å². The zero-order valence-electron chi connectivity index (χ0n) is 13.9. The number of esters is 1. The fraction of sp³-hybridized carbons (Fsp3) is 0.500. The van der Waals surface area contributed by atoms with Crippen molar-refractivity contribution in [1.29, 1.82) is 0 Å². The highest BCUT2D eigenvalue weighted by Crippen LogP contribution is 2.26. The van der Waals surface area contributed by atoms with Gasteiger partial charge < -0.3 is 10.1 Å². The summed E-state index contributed by atoms with van der Waals surface area (Å²) in [5.74, 6) is -4.52. The highest BCUT2D eigenvalue weighted by Gasteiger charge is 2.20. The summed E-state index contributed by atoms with van der Waals surface area (Å²) in [6.45, 7) is -0.704. The average Bonchev–Trinajstić information content (AvgIpc) is 2.60. The van der Waals surface area contributed by atoms with Crippen LogP contribution >= 0.6 is 11.8 Å². The second kappa shape index (κ2) is 10.0. The number of pyridine rings is 1. The predicted octanol–water partition coefficient (Wildman–Crippen LogP) is 2.71. The zero-order chi connectivity index (χ0) is 18.9. The van der Waals surface area contributed by atoms with E-state index in [1.807, 2.05) is 0 Å². The molecule has 1 heterocycles. The molecule has 26 heavy (non-hydrogen) atoms. The summed E-state index contributed by atoms with van der Waals surface area (Å²) >= 11 is 0.108. The lowest BCUT2D eigenvalue weighted by Crippen LogP contribution is -2.46. The van der Waals surface area contributed by atoms with E-state index in [2.05, 4.69) is 15.6 Å². The third kappa shape index (κ3) is 6.58. The molecule has 0 spiro atoms. The molecule has 1 aromatic heterocycles. The quantitative estimate of drug-likeness (QED) is 0.575. The number of thioether (sulfide) groups is 1. The smallest absolute Gasteiger partial charge is 0.341 e. The van der Waals surface area contributed by atoms with Crippen LogP contribution < -0.4 is 10.6 Å². The van der Waals surface area contributed by atoms with Gasteiger partial charge in [-0.3, -0.25) is 10.1 Å². The summed E-state index contributed by atoms with van der Waals surface area (Å²) in [5.41, 5.74) is -0.169. The summed E-state index contributed by atoms with van der Waals surface area (Å²) in [6.07, 6.45) is 6.18. The number of carbonyl (C=O) groups excluding carboxylic acids is 3. The van der Waals surface area contributed by atoms with Gasteiger partial charge in [0.25, 0.3) is 11.7 Å². The molecule has 1 saturated carbocycles. The number of urea groups is 1. The van der Waals surface area contributed by atoms with E-state index in [0.29, 0.717) is 0 Å². The van der Waals surface area contributed by atoms with E-state index in [0.717, 1.165) is 32.1 Å². The van der Waals surface area contributed by atoms with Crippen LogP contribution in [0.3, 0.4) is 0 Å². The van der Waals surface area contributed by atoms with Gasteiger partial charge in [0.2, 0.25) is 0 Å². The first-order valence-electron chi connectivity index (χ1n) is 8.13. The van der Waals surface area contributed by atoms with Gasteiger partial charge in [0.15, 0.2) is 6.61 Å². The second-order valence-corrected chi connectivity index (χ2v) is 6.65. The Bertz CT molecular complexity index is 654. The van der Waals surface area contributed by atoms with Crippen LogP contribution in [0.1, 0.15) is 42.5 Å². The second-order valence-electron chi connectivity index (χ2n) is 5.67.